The molecule has 0 radical (unpaired) electrons. The van der Waals surface area contributed by atoms with E-state index < -0.39 is 0 Å². The Bertz CT molecular complexity index is 535. The van der Waals surface area contributed by atoms with Gasteiger partial charge < -0.3 is 9.84 Å². The highest BCUT2D eigenvalue weighted by Gasteiger charge is 2.14. The molecule has 1 N–H and O–H groups in total. The van der Waals surface area contributed by atoms with Crippen molar-refractivity contribution in [3.8, 4) is 5.75 Å². The number of benzene rings is 2. The zero-order valence-electron chi connectivity index (χ0n) is 9.25. The first-order valence-electron chi connectivity index (χ1n) is 5.05. The molecule has 0 aliphatic carbocycles. The average Bonchev–Trinajstić information content (AvgIpc) is 2.30. The number of halogens is 1. The van der Waals surface area contributed by atoms with Crippen LogP contribution in [0.1, 0.15) is 11.1 Å². The second-order valence-corrected chi connectivity index (χ2v) is 4.45. The van der Waals surface area contributed by atoms with Gasteiger partial charge in [0.2, 0.25) is 0 Å². The summed E-state index contributed by atoms with van der Waals surface area (Å²) in [6, 6.07) is 8.03. The lowest BCUT2D eigenvalue weighted by molar-refractivity contribution is 0.279. The maximum atomic E-state index is 9.39. The van der Waals surface area contributed by atoms with Crippen LogP contribution in [0.5, 0.6) is 5.75 Å². The summed E-state index contributed by atoms with van der Waals surface area (Å²) in [7, 11) is 1.64. The summed E-state index contributed by atoms with van der Waals surface area (Å²) >= 11 is 3.49. The fraction of sp³-hybridized carbons (Fsp3) is 0.231. The number of hydrogen-bond donors (Lipinski definition) is 1. The number of aliphatic hydroxyl groups excluding tert-OH is 1. The minimum Gasteiger partial charge on any atom is -0.495 e. The molecule has 0 unspecified atom stereocenters. The molecule has 0 amide bonds. The summed E-state index contributed by atoms with van der Waals surface area (Å²) in [4.78, 5) is 0. The van der Waals surface area contributed by atoms with E-state index in [0.717, 1.165) is 32.1 Å². The maximum Gasteiger partial charge on any atom is 0.141 e. The second-order valence-electron chi connectivity index (χ2n) is 3.65. The first-order chi connectivity index (χ1) is 7.70. The Kier molecular flexibility index (Phi) is 3.17. The van der Waals surface area contributed by atoms with Crippen LogP contribution in [0.15, 0.2) is 28.7 Å². The van der Waals surface area contributed by atoms with Gasteiger partial charge in [-0.2, -0.15) is 0 Å². The molecule has 3 heteroatoms. The van der Waals surface area contributed by atoms with Crippen molar-refractivity contribution in [3.05, 3.63) is 39.9 Å². The van der Waals surface area contributed by atoms with Crippen LogP contribution >= 0.6 is 15.9 Å². The van der Waals surface area contributed by atoms with Gasteiger partial charge in [0.1, 0.15) is 5.75 Å². The monoisotopic (exact) mass is 280 g/mol. The molecule has 0 atom stereocenters. The third-order valence-electron chi connectivity index (χ3n) is 2.85. The Hall–Kier alpha value is -1.06. The minimum absolute atomic E-state index is 0.00755. The molecule has 0 aromatic heterocycles. The van der Waals surface area contributed by atoms with Crippen LogP contribution in [0.25, 0.3) is 10.8 Å². The van der Waals surface area contributed by atoms with E-state index in [1.54, 1.807) is 7.11 Å². The predicted octanol–water partition coefficient (Wildman–Crippen LogP) is 3.41. The number of rotatable bonds is 2. The van der Waals surface area contributed by atoms with Crippen LogP contribution in [0.2, 0.25) is 0 Å². The van der Waals surface area contributed by atoms with Gasteiger partial charge >= 0.3 is 0 Å². The lowest BCUT2D eigenvalue weighted by Crippen LogP contribution is -1.96. The zero-order valence-corrected chi connectivity index (χ0v) is 10.8. The third-order valence-corrected chi connectivity index (χ3v) is 3.69. The van der Waals surface area contributed by atoms with Gasteiger partial charge in [0.05, 0.1) is 18.2 Å². The number of fused-ring (bicyclic) bond motifs is 1. The van der Waals surface area contributed by atoms with Gasteiger partial charge in [-0.15, -0.1) is 0 Å². The minimum atomic E-state index is 0.00755. The van der Waals surface area contributed by atoms with Gasteiger partial charge in [-0.25, -0.2) is 0 Å². The molecule has 16 heavy (non-hydrogen) atoms. The molecule has 0 aliphatic rings. The van der Waals surface area contributed by atoms with Gasteiger partial charge in [-0.05, 0) is 39.4 Å². The normalized spacial score (nSPS) is 10.8. The van der Waals surface area contributed by atoms with E-state index >= 15 is 0 Å². The van der Waals surface area contributed by atoms with Crippen molar-refractivity contribution in [2.45, 2.75) is 13.5 Å². The summed E-state index contributed by atoms with van der Waals surface area (Å²) < 4.78 is 6.24. The summed E-state index contributed by atoms with van der Waals surface area (Å²) in [5.41, 5.74) is 1.97. The fourth-order valence-electron chi connectivity index (χ4n) is 1.98. The smallest absolute Gasteiger partial charge is 0.141 e. The largest absolute Gasteiger partial charge is 0.495 e. The highest BCUT2D eigenvalue weighted by Crippen LogP contribution is 2.39. The van der Waals surface area contributed by atoms with Crippen molar-refractivity contribution in [3.63, 3.8) is 0 Å². The third kappa shape index (κ3) is 1.60. The van der Waals surface area contributed by atoms with E-state index in [9.17, 15) is 5.11 Å². The zero-order chi connectivity index (χ0) is 11.7. The van der Waals surface area contributed by atoms with Crippen molar-refractivity contribution in [2.75, 3.05) is 7.11 Å². The van der Waals surface area contributed by atoms with Crippen LogP contribution in [0.3, 0.4) is 0 Å². The first kappa shape index (κ1) is 11.4. The molecule has 0 aliphatic heterocycles. The lowest BCUT2D eigenvalue weighted by Gasteiger charge is -2.15. The summed E-state index contributed by atoms with van der Waals surface area (Å²) in [6.07, 6.45) is 0. The molecular weight excluding hydrogens is 268 g/mol. The van der Waals surface area contributed by atoms with E-state index in [0.29, 0.717) is 0 Å². The molecule has 0 saturated heterocycles. The second kappa shape index (κ2) is 4.44. The molecule has 0 spiro atoms. The highest BCUT2D eigenvalue weighted by molar-refractivity contribution is 9.10. The molecule has 0 fully saturated rings. The van der Waals surface area contributed by atoms with Crippen LogP contribution in [0, 0.1) is 6.92 Å². The fourth-order valence-corrected chi connectivity index (χ4v) is 2.78. The Morgan fingerprint density at radius 2 is 1.88 bits per heavy atom. The van der Waals surface area contributed by atoms with Crippen molar-refractivity contribution in [1.29, 1.82) is 0 Å². The molecule has 0 saturated carbocycles. The summed E-state index contributed by atoms with van der Waals surface area (Å²) in [5.74, 6) is 0.783. The van der Waals surface area contributed by atoms with Gasteiger partial charge in [0, 0.05) is 5.39 Å². The van der Waals surface area contributed by atoms with Crippen molar-refractivity contribution in [2.24, 2.45) is 0 Å². The SMILES string of the molecule is COc1c(Br)c(CO)c(C)c2ccccc12. The molecule has 0 heterocycles. The standard InChI is InChI=1S/C13H13BrO2/c1-8-9-5-3-4-6-10(9)13(16-2)12(14)11(8)7-15/h3-6,15H,7H2,1-2H3. The highest BCUT2D eigenvalue weighted by atomic mass is 79.9. The Morgan fingerprint density at radius 3 is 2.44 bits per heavy atom. The topological polar surface area (TPSA) is 29.5 Å². The number of hydrogen-bond acceptors (Lipinski definition) is 2. The van der Waals surface area contributed by atoms with Crippen molar-refractivity contribution in [1.82, 2.24) is 0 Å². The van der Waals surface area contributed by atoms with Crippen LogP contribution in [-0.2, 0) is 6.61 Å². The molecular formula is C13H13BrO2. The molecule has 2 rings (SSSR count). The molecule has 2 nitrogen and oxygen atoms in total. The van der Waals surface area contributed by atoms with E-state index in [4.69, 9.17) is 4.74 Å². The number of aryl methyl sites for hydroxylation is 1. The Balaban J connectivity index is 2.94. The Labute approximate surface area is 103 Å². The molecule has 0 bridgehead atoms. The van der Waals surface area contributed by atoms with Crippen LogP contribution in [0.4, 0.5) is 0 Å². The van der Waals surface area contributed by atoms with Crippen molar-refractivity contribution < 1.29 is 9.84 Å². The van der Waals surface area contributed by atoms with E-state index in [2.05, 4.69) is 15.9 Å². The predicted molar refractivity (Wildman–Crippen MR) is 68.9 cm³/mol. The first-order valence-corrected chi connectivity index (χ1v) is 5.84. The van der Waals surface area contributed by atoms with Gasteiger partial charge in [0.25, 0.3) is 0 Å². The summed E-state index contributed by atoms with van der Waals surface area (Å²) in [5, 5.41) is 11.6. The number of ether oxygens (including phenoxy) is 1. The van der Waals surface area contributed by atoms with Gasteiger partial charge in [-0.1, -0.05) is 24.3 Å². The van der Waals surface area contributed by atoms with Crippen LogP contribution < -0.4 is 4.74 Å². The quantitative estimate of drug-likeness (QED) is 0.914. The molecule has 84 valence electrons. The van der Waals surface area contributed by atoms with E-state index in [1.165, 1.54) is 0 Å². The van der Waals surface area contributed by atoms with Gasteiger partial charge in [-0.3, -0.25) is 0 Å². The number of methoxy groups -OCH3 is 1. The van der Waals surface area contributed by atoms with E-state index in [1.807, 2.05) is 31.2 Å². The van der Waals surface area contributed by atoms with E-state index in [-0.39, 0.29) is 6.61 Å². The van der Waals surface area contributed by atoms with Crippen molar-refractivity contribution >= 4 is 26.7 Å². The lowest BCUT2D eigenvalue weighted by atomic mass is 9.99. The van der Waals surface area contributed by atoms with Gasteiger partial charge in [0.15, 0.2) is 0 Å². The average molecular weight is 281 g/mol. The Morgan fingerprint density at radius 1 is 1.25 bits per heavy atom. The summed E-state index contributed by atoms with van der Waals surface area (Å²) in [6.45, 7) is 2.02. The van der Waals surface area contributed by atoms with Crippen LogP contribution in [-0.4, -0.2) is 12.2 Å². The molecule has 2 aromatic carbocycles. The maximum absolute atomic E-state index is 9.39. The number of aliphatic hydroxyl groups is 1. The molecule has 2 aromatic rings.